The van der Waals surface area contributed by atoms with Crippen molar-refractivity contribution in [2.45, 2.75) is 0 Å². The van der Waals surface area contributed by atoms with Crippen LogP contribution in [-0.4, -0.2) is 19.9 Å². The monoisotopic (exact) mass is 704 g/mol. The van der Waals surface area contributed by atoms with E-state index in [9.17, 15) is 0 Å². The average Bonchev–Trinajstić information content (AvgIpc) is 3.65. The maximum absolute atomic E-state index is 6.22. The van der Waals surface area contributed by atoms with Gasteiger partial charge in [-0.25, -0.2) is 19.9 Å². The van der Waals surface area contributed by atoms with E-state index in [2.05, 4.69) is 109 Å². The lowest BCUT2D eigenvalue weighted by Crippen LogP contribution is -1.99. The molecule has 7 aromatic carbocycles. The van der Waals surface area contributed by atoms with Crippen molar-refractivity contribution in [1.82, 2.24) is 19.9 Å². The van der Waals surface area contributed by atoms with E-state index in [0.29, 0.717) is 11.6 Å². The average molecular weight is 705 g/mol. The first-order valence-electron chi connectivity index (χ1n) is 18.3. The van der Waals surface area contributed by atoms with Gasteiger partial charge in [0.05, 0.1) is 22.8 Å². The summed E-state index contributed by atoms with van der Waals surface area (Å²) in [6.07, 6.45) is 0. The van der Waals surface area contributed by atoms with E-state index in [1.54, 1.807) is 0 Å². The highest BCUT2D eigenvalue weighted by Gasteiger charge is 2.19. The Labute approximate surface area is 318 Å². The number of rotatable bonds is 7. The van der Waals surface area contributed by atoms with Crippen LogP contribution in [0, 0.1) is 0 Å². The van der Waals surface area contributed by atoms with Crippen LogP contribution in [0.15, 0.2) is 199 Å². The molecule has 258 valence electrons. The van der Waals surface area contributed by atoms with E-state index >= 15 is 0 Å². The second-order valence-electron chi connectivity index (χ2n) is 13.5. The molecule has 0 saturated carbocycles. The highest BCUT2D eigenvalue weighted by Crippen LogP contribution is 2.40. The number of nitrogens with zero attached hydrogens (tertiary/aromatic N) is 4. The molecule has 0 unspecified atom stereocenters. The van der Waals surface area contributed by atoms with Gasteiger partial charge in [-0.15, -0.1) is 0 Å². The van der Waals surface area contributed by atoms with Gasteiger partial charge >= 0.3 is 0 Å². The Hall–Kier alpha value is -7.50. The largest absolute Gasteiger partial charge is 0.456 e. The number of aromatic nitrogens is 4. The Morgan fingerprint density at radius 2 is 0.727 bits per heavy atom. The van der Waals surface area contributed by atoms with Gasteiger partial charge in [-0.1, -0.05) is 158 Å². The molecule has 0 aliphatic carbocycles. The van der Waals surface area contributed by atoms with Crippen molar-refractivity contribution < 1.29 is 4.42 Å². The van der Waals surface area contributed by atoms with Crippen LogP contribution < -0.4 is 0 Å². The van der Waals surface area contributed by atoms with Crippen molar-refractivity contribution in [3.8, 4) is 78.9 Å². The topological polar surface area (TPSA) is 64.7 Å². The summed E-state index contributed by atoms with van der Waals surface area (Å²) < 4.78 is 6.22. The third kappa shape index (κ3) is 6.24. The van der Waals surface area contributed by atoms with E-state index in [1.165, 1.54) is 0 Å². The summed E-state index contributed by atoms with van der Waals surface area (Å²) in [5, 5.41) is 2.14. The van der Waals surface area contributed by atoms with E-state index < -0.39 is 0 Å². The highest BCUT2D eigenvalue weighted by atomic mass is 16.3. The standard InChI is InChI=1S/C50H32N4O/c1-5-15-33(16-6-1)43-31-44(34-17-7-2-8-18-34)53-50(52-43)38-25-27-39(37-26-28-48-42(29-37)40-23-13-14-24-47(40)55-48)41(30-38)46-32-45(35-19-9-3-10-20-35)51-49(54-46)36-21-11-4-12-22-36/h1-32H. The van der Waals surface area contributed by atoms with Crippen molar-refractivity contribution in [2.24, 2.45) is 0 Å². The Morgan fingerprint density at radius 3 is 1.33 bits per heavy atom. The fourth-order valence-electron chi connectivity index (χ4n) is 7.19. The van der Waals surface area contributed by atoms with Gasteiger partial charge in [-0.3, -0.25) is 0 Å². The molecule has 0 aliphatic heterocycles. The number of para-hydroxylation sites is 1. The number of furan rings is 1. The molecule has 5 heteroatoms. The summed E-state index contributed by atoms with van der Waals surface area (Å²) in [6, 6.07) is 66.2. The molecular weight excluding hydrogens is 673 g/mol. The summed E-state index contributed by atoms with van der Waals surface area (Å²) in [7, 11) is 0. The molecule has 3 aromatic heterocycles. The lowest BCUT2D eigenvalue weighted by Gasteiger charge is -2.15. The minimum Gasteiger partial charge on any atom is -0.456 e. The summed E-state index contributed by atoms with van der Waals surface area (Å²) in [5.74, 6) is 1.28. The Bertz CT molecular complexity index is 2850. The molecule has 0 spiro atoms. The van der Waals surface area contributed by atoms with Crippen LogP contribution in [0.25, 0.3) is 101 Å². The van der Waals surface area contributed by atoms with Crippen LogP contribution in [0.2, 0.25) is 0 Å². The molecule has 0 amide bonds. The minimum absolute atomic E-state index is 0.630. The van der Waals surface area contributed by atoms with Crippen molar-refractivity contribution in [3.05, 3.63) is 194 Å². The van der Waals surface area contributed by atoms with E-state index in [4.69, 9.17) is 24.4 Å². The van der Waals surface area contributed by atoms with Gasteiger partial charge in [0.25, 0.3) is 0 Å². The predicted molar refractivity (Wildman–Crippen MR) is 223 cm³/mol. The lowest BCUT2D eigenvalue weighted by molar-refractivity contribution is 0.669. The van der Waals surface area contributed by atoms with Crippen LogP contribution in [0.5, 0.6) is 0 Å². The van der Waals surface area contributed by atoms with E-state index in [-0.39, 0.29) is 0 Å². The molecule has 3 heterocycles. The fraction of sp³-hybridized carbons (Fsp3) is 0. The highest BCUT2D eigenvalue weighted by molar-refractivity contribution is 6.06. The zero-order chi connectivity index (χ0) is 36.6. The third-order valence-electron chi connectivity index (χ3n) is 9.93. The van der Waals surface area contributed by atoms with Gasteiger partial charge in [0, 0.05) is 44.2 Å². The molecule has 0 aliphatic rings. The second kappa shape index (κ2) is 13.8. The molecule has 0 fully saturated rings. The van der Waals surface area contributed by atoms with Gasteiger partial charge in [-0.2, -0.15) is 0 Å². The minimum atomic E-state index is 0.630. The second-order valence-corrected chi connectivity index (χ2v) is 13.5. The Morgan fingerprint density at radius 1 is 0.273 bits per heavy atom. The van der Waals surface area contributed by atoms with Gasteiger partial charge in [0.1, 0.15) is 11.2 Å². The van der Waals surface area contributed by atoms with Crippen molar-refractivity contribution in [2.75, 3.05) is 0 Å². The SMILES string of the molecule is c1ccc(-c2cc(-c3ccccc3)nc(-c3ccc(-c4ccc5oc6ccccc6c5c4)c(-c4cc(-c5ccccc5)nc(-c5ccccc5)n4)c3)n2)cc1. The first-order chi connectivity index (χ1) is 27.2. The lowest BCUT2D eigenvalue weighted by atomic mass is 9.93. The smallest absolute Gasteiger partial charge is 0.160 e. The first-order valence-corrected chi connectivity index (χ1v) is 18.3. The normalized spacial score (nSPS) is 11.3. The van der Waals surface area contributed by atoms with Gasteiger partial charge < -0.3 is 4.42 Å². The van der Waals surface area contributed by atoms with Crippen molar-refractivity contribution in [1.29, 1.82) is 0 Å². The number of hydrogen-bond donors (Lipinski definition) is 0. The van der Waals surface area contributed by atoms with E-state index in [0.717, 1.165) is 89.2 Å². The van der Waals surface area contributed by atoms with Crippen LogP contribution in [0.3, 0.4) is 0 Å². The first kappa shape index (κ1) is 32.2. The molecule has 55 heavy (non-hydrogen) atoms. The van der Waals surface area contributed by atoms with Crippen LogP contribution in [0.4, 0.5) is 0 Å². The zero-order valence-corrected chi connectivity index (χ0v) is 29.7. The zero-order valence-electron chi connectivity index (χ0n) is 29.7. The molecule has 10 rings (SSSR count). The van der Waals surface area contributed by atoms with Crippen molar-refractivity contribution >= 4 is 21.9 Å². The fourth-order valence-corrected chi connectivity index (χ4v) is 7.19. The maximum atomic E-state index is 6.22. The molecule has 0 bridgehead atoms. The summed E-state index contributed by atoms with van der Waals surface area (Å²) in [6.45, 7) is 0. The number of fused-ring (bicyclic) bond motifs is 3. The van der Waals surface area contributed by atoms with Crippen LogP contribution in [0.1, 0.15) is 0 Å². The molecule has 0 saturated heterocycles. The molecule has 5 nitrogen and oxygen atoms in total. The molecule has 0 radical (unpaired) electrons. The molecule has 10 aromatic rings. The summed E-state index contributed by atoms with van der Waals surface area (Å²) >= 11 is 0. The van der Waals surface area contributed by atoms with Gasteiger partial charge in [0.2, 0.25) is 0 Å². The Kier molecular flexibility index (Phi) is 8.08. The predicted octanol–water partition coefficient (Wildman–Crippen LogP) is 12.8. The van der Waals surface area contributed by atoms with Gasteiger partial charge in [-0.05, 0) is 47.5 Å². The quantitative estimate of drug-likeness (QED) is 0.165. The van der Waals surface area contributed by atoms with Crippen molar-refractivity contribution in [3.63, 3.8) is 0 Å². The number of hydrogen-bond acceptors (Lipinski definition) is 5. The number of benzene rings is 7. The summed E-state index contributed by atoms with van der Waals surface area (Å²) in [5.41, 5.74) is 13.0. The van der Waals surface area contributed by atoms with Crippen LogP contribution in [-0.2, 0) is 0 Å². The summed E-state index contributed by atoms with van der Waals surface area (Å²) in [4.78, 5) is 20.7. The van der Waals surface area contributed by atoms with Gasteiger partial charge in [0.15, 0.2) is 11.6 Å². The van der Waals surface area contributed by atoms with Crippen LogP contribution >= 0.6 is 0 Å². The maximum Gasteiger partial charge on any atom is 0.160 e. The third-order valence-corrected chi connectivity index (χ3v) is 9.93. The molecular formula is C50H32N4O. The van der Waals surface area contributed by atoms with E-state index in [1.807, 2.05) is 84.9 Å². The molecule has 0 atom stereocenters. The Balaban J connectivity index is 1.23. The molecule has 0 N–H and O–H groups in total.